The molecule has 0 saturated carbocycles. The van der Waals surface area contributed by atoms with Crippen molar-refractivity contribution in [1.82, 2.24) is 19.9 Å². The first kappa shape index (κ1) is 60.8. The molecule has 0 aliphatic carbocycles. The van der Waals surface area contributed by atoms with Crippen molar-refractivity contribution in [3.8, 4) is 45.0 Å². The molecular formula is C88H68N8O4+4. The summed E-state index contributed by atoms with van der Waals surface area (Å²) in [4.78, 5) is 18.3. The molecule has 0 fully saturated rings. The summed E-state index contributed by atoms with van der Waals surface area (Å²) >= 11 is 0. The highest BCUT2D eigenvalue weighted by atomic mass is 16.3. The van der Waals surface area contributed by atoms with Gasteiger partial charge in [-0.1, -0.05) is 115 Å². The van der Waals surface area contributed by atoms with Gasteiger partial charge in [0.25, 0.3) is 0 Å². The minimum atomic E-state index is 0.694. The zero-order valence-corrected chi connectivity index (χ0v) is 56.6. The molecule has 0 spiro atoms. The molecule has 0 bridgehead atoms. The average molecular weight is 1300 g/mol. The van der Waals surface area contributed by atoms with Crippen molar-refractivity contribution in [3.63, 3.8) is 0 Å². The number of hydrogen-bond acceptors (Lipinski definition) is 8. The van der Waals surface area contributed by atoms with E-state index in [1.807, 2.05) is 112 Å². The zero-order chi connectivity index (χ0) is 67.9. The Kier molecular flexibility index (Phi) is 15.0. The smallest absolute Gasteiger partial charge is 0.227 e. The third kappa shape index (κ3) is 10.2. The van der Waals surface area contributed by atoms with Crippen LogP contribution in [0.3, 0.4) is 0 Å². The Hall–Kier alpha value is -12.8. The minimum Gasteiger partial charge on any atom is -0.455 e. The lowest BCUT2D eigenvalue weighted by molar-refractivity contribution is -0.660. The molecule has 480 valence electrons. The molecule has 0 amide bonds. The number of aromatic nitrogens is 8. The fraction of sp³-hybridized carbons (Fsp3) is 0.0909. The topological polar surface area (TPSA) is 120 Å². The van der Waals surface area contributed by atoms with Crippen molar-refractivity contribution < 1.29 is 35.9 Å². The van der Waals surface area contributed by atoms with Crippen LogP contribution in [0.4, 0.5) is 0 Å². The first-order valence-electron chi connectivity index (χ1n) is 33.5. The lowest BCUT2D eigenvalue weighted by Gasteiger charge is -2.05. The third-order valence-corrected chi connectivity index (χ3v) is 19.6. The quantitative estimate of drug-likeness (QED) is 0.160. The van der Waals surface area contributed by atoms with Crippen molar-refractivity contribution >= 4 is 131 Å². The fourth-order valence-electron chi connectivity index (χ4n) is 14.7. The molecule has 12 heteroatoms. The van der Waals surface area contributed by atoms with Crippen molar-refractivity contribution in [2.75, 3.05) is 0 Å². The van der Waals surface area contributed by atoms with Crippen molar-refractivity contribution in [1.29, 1.82) is 0 Å². The molecule has 0 aliphatic heterocycles. The van der Waals surface area contributed by atoms with Gasteiger partial charge in [-0.3, -0.25) is 15.0 Å². The molecule has 12 heterocycles. The van der Waals surface area contributed by atoms with Crippen LogP contribution in [0.2, 0.25) is 0 Å². The van der Waals surface area contributed by atoms with Crippen LogP contribution < -0.4 is 18.3 Å². The standard InChI is InChI=1S/4C22H17N2O/c1-14-8-9-16-21-15-6-5-12-23-17(15)10-11-19(21)25-22(16)20(14)18-7-3-4-13-24(18)2;1-14-20(18-9-5-6-12-24(18)2)22-17(13-23-14)21-16-8-4-3-7-15(16)10-11-19(21)25-22;1-14-10-11-16-21-15-7-3-4-8-17(15)23-13-19(21)25-22(16)20(14)18-9-5-6-12-24(18)2;1-14-10-11-17-20-16-8-4-3-7-15(16)13-23-22(20)25-21(17)19(14)18-9-5-6-12-24(18)2/h4*3-13H,1-2H3/q4*+1. The van der Waals surface area contributed by atoms with Gasteiger partial charge in [0.15, 0.2) is 41.5 Å². The second-order valence-electron chi connectivity index (χ2n) is 25.8. The Morgan fingerprint density at radius 2 is 0.690 bits per heavy atom. The second-order valence-corrected chi connectivity index (χ2v) is 25.8. The lowest BCUT2D eigenvalue weighted by atomic mass is 9.99. The van der Waals surface area contributed by atoms with Gasteiger partial charge in [0.2, 0.25) is 28.5 Å². The number of para-hydroxylation sites is 1. The monoisotopic (exact) mass is 1300 g/mol. The Bertz CT molecular complexity index is 5870. The van der Waals surface area contributed by atoms with Crippen LogP contribution in [0, 0.1) is 27.7 Å². The highest BCUT2D eigenvalue weighted by molar-refractivity contribution is 6.23. The highest BCUT2D eigenvalue weighted by Gasteiger charge is 2.26. The van der Waals surface area contributed by atoms with E-state index in [2.05, 4.69) is 250 Å². The van der Waals surface area contributed by atoms with Crippen LogP contribution in [-0.4, -0.2) is 19.9 Å². The predicted molar refractivity (Wildman–Crippen MR) is 401 cm³/mol. The van der Waals surface area contributed by atoms with Gasteiger partial charge in [-0.05, 0) is 115 Å². The van der Waals surface area contributed by atoms with Crippen LogP contribution >= 0.6 is 0 Å². The molecule has 20 aromatic rings. The van der Waals surface area contributed by atoms with Crippen LogP contribution in [0.25, 0.3) is 176 Å². The van der Waals surface area contributed by atoms with Gasteiger partial charge in [0.1, 0.15) is 56.1 Å². The summed E-state index contributed by atoms with van der Waals surface area (Å²) < 4.78 is 33.7. The van der Waals surface area contributed by atoms with Gasteiger partial charge < -0.3 is 17.7 Å². The van der Waals surface area contributed by atoms with Gasteiger partial charge in [0.05, 0.1) is 45.0 Å². The average Bonchev–Trinajstić information content (AvgIpc) is 1.59. The van der Waals surface area contributed by atoms with E-state index in [9.17, 15) is 0 Å². The van der Waals surface area contributed by atoms with E-state index < -0.39 is 0 Å². The Morgan fingerprint density at radius 1 is 0.270 bits per heavy atom. The Labute approximate surface area is 575 Å². The summed E-state index contributed by atoms with van der Waals surface area (Å²) in [7, 11) is 8.23. The first-order chi connectivity index (χ1) is 48.9. The molecule has 0 radical (unpaired) electrons. The minimum absolute atomic E-state index is 0.694. The molecule has 0 atom stereocenters. The molecule has 8 aromatic carbocycles. The fourth-order valence-corrected chi connectivity index (χ4v) is 14.7. The van der Waals surface area contributed by atoms with E-state index >= 15 is 0 Å². The normalized spacial score (nSPS) is 11.6. The molecule has 0 unspecified atom stereocenters. The summed E-state index contributed by atoms with van der Waals surface area (Å²) in [6.45, 7) is 8.42. The maximum absolute atomic E-state index is 6.34. The van der Waals surface area contributed by atoms with E-state index in [1.165, 1.54) is 32.8 Å². The molecule has 0 N–H and O–H groups in total. The Morgan fingerprint density at radius 3 is 1.26 bits per heavy atom. The van der Waals surface area contributed by atoms with Gasteiger partial charge in [-0.15, -0.1) is 0 Å². The number of fused-ring (bicyclic) bond motifs is 20. The number of hydrogen-bond donors (Lipinski definition) is 0. The van der Waals surface area contributed by atoms with Gasteiger partial charge in [-0.2, -0.15) is 0 Å². The number of aryl methyl sites for hydroxylation is 8. The summed E-state index contributed by atoms with van der Waals surface area (Å²) in [6, 6.07) is 75.1. The number of benzene rings is 8. The van der Waals surface area contributed by atoms with Crippen LogP contribution in [-0.2, 0) is 28.2 Å². The van der Waals surface area contributed by atoms with Gasteiger partial charge in [-0.25, -0.2) is 23.3 Å². The van der Waals surface area contributed by atoms with E-state index in [0.717, 1.165) is 160 Å². The van der Waals surface area contributed by atoms with E-state index in [-0.39, 0.29) is 0 Å². The van der Waals surface area contributed by atoms with Crippen molar-refractivity contribution in [2.45, 2.75) is 27.7 Å². The molecule has 20 rings (SSSR count). The molecule has 0 saturated heterocycles. The van der Waals surface area contributed by atoms with E-state index in [4.69, 9.17) is 17.7 Å². The Balaban J connectivity index is 0.0000000997. The van der Waals surface area contributed by atoms with Crippen molar-refractivity contribution in [2.24, 2.45) is 28.2 Å². The summed E-state index contributed by atoms with van der Waals surface area (Å²) in [5, 5.41) is 15.9. The SMILES string of the molecule is Cc1ccc2c(oc3ccc4ncccc4c32)c1-c1cccc[n+]1C.Cc1ccc2c(oc3cnc4ccccc4c32)c1-c1cccc[n+]1C.Cc1ccc2c(oc3ncc4ccccc4c32)c1-c1cccc[n+]1C.Cc1ncc2c(oc3ccc4ccccc4c32)c1-c1cccc[n+]1C. The van der Waals surface area contributed by atoms with Gasteiger partial charge in [0, 0.05) is 121 Å². The second kappa shape index (κ2) is 24.7. The molecule has 12 nitrogen and oxygen atoms in total. The molecular weight excluding hydrogens is 1230 g/mol. The van der Waals surface area contributed by atoms with Crippen LogP contribution in [0.5, 0.6) is 0 Å². The number of furan rings is 4. The van der Waals surface area contributed by atoms with Crippen LogP contribution in [0.1, 0.15) is 22.4 Å². The largest absolute Gasteiger partial charge is 0.455 e. The van der Waals surface area contributed by atoms with E-state index in [1.54, 1.807) is 0 Å². The summed E-state index contributed by atoms with van der Waals surface area (Å²) in [5.74, 6) is 0. The third-order valence-electron chi connectivity index (χ3n) is 19.6. The maximum atomic E-state index is 6.34. The number of nitrogens with zero attached hydrogens (tertiary/aromatic N) is 8. The van der Waals surface area contributed by atoms with Crippen molar-refractivity contribution in [3.05, 3.63) is 290 Å². The molecule has 100 heavy (non-hydrogen) atoms. The highest BCUT2D eigenvalue weighted by Crippen LogP contribution is 2.44. The molecule has 0 aliphatic rings. The first-order valence-corrected chi connectivity index (χ1v) is 33.5. The number of rotatable bonds is 4. The zero-order valence-electron chi connectivity index (χ0n) is 56.6. The van der Waals surface area contributed by atoms with Gasteiger partial charge >= 0.3 is 0 Å². The number of pyridine rings is 8. The molecule has 12 aromatic heterocycles. The lowest BCUT2D eigenvalue weighted by Crippen LogP contribution is -2.30. The maximum Gasteiger partial charge on any atom is 0.227 e. The van der Waals surface area contributed by atoms with E-state index in [0.29, 0.717) is 5.71 Å². The van der Waals surface area contributed by atoms with Crippen LogP contribution in [0.15, 0.2) is 286 Å². The summed E-state index contributed by atoms with van der Waals surface area (Å²) in [5.41, 5.74) is 22.5. The predicted octanol–water partition coefficient (Wildman–Crippen LogP) is 19.7. The summed E-state index contributed by atoms with van der Waals surface area (Å²) in [6.07, 6.45) is 15.7.